The highest BCUT2D eigenvalue weighted by Crippen LogP contribution is 2.22. The van der Waals surface area contributed by atoms with Crippen LogP contribution in [0.2, 0.25) is 0 Å². The molecule has 0 bridgehead atoms. The summed E-state index contributed by atoms with van der Waals surface area (Å²) in [5, 5.41) is 10.5. The first kappa shape index (κ1) is 15.8. The number of amides is 1. The molecule has 0 saturated carbocycles. The van der Waals surface area contributed by atoms with E-state index in [1.807, 2.05) is 5.32 Å². The number of aliphatic carboxylic acids is 1. The van der Waals surface area contributed by atoms with Crippen molar-refractivity contribution in [1.82, 2.24) is 5.32 Å². The molecule has 0 aliphatic carbocycles. The van der Waals surface area contributed by atoms with Crippen LogP contribution in [0.5, 0.6) is 5.75 Å². The Labute approximate surface area is 112 Å². The number of carboxylic acids is 1. The summed E-state index contributed by atoms with van der Waals surface area (Å²) in [5.41, 5.74) is 0.0118. The van der Waals surface area contributed by atoms with E-state index in [0.29, 0.717) is 5.75 Å². The van der Waals surface area contributed by atoms with E-state index >= 15 is 0 Å². The van der Waals surface area contributed by atoms with Gasteiger partial charge in [-0.2, -0.15) is 13.2 Å². The Balaban J connectivity index is 2.82. The molecule has 110 valence electrons. The molecule has 1 atom stereocenters. The summed E-state index contributed by atoms with van der Waals surface area (Å²) in [5.74, 6) is -2.33. The number of methoxy groups -OCH3 is 1. The van der Waals surface area contributed by atoms with Crippen molar-refractivity contribution < 1.29 is 32.6 Å². The Bertz CT molecular complexity index is 502. The number of benzene rings is 1. The Morgan fingerprint density at radius 1 is 1.40 bits per heavy atom. The molecular weight excluding hydrogens is 279 g/mol. The van der Waals surface area contributed by atoms with Gasteiger partial charge in [0, 0.05) is 5.56 Å². The third-order valence-electron chi connectivity index (χ3n) is 2.37. The predicted octanol–water partition coefficient (Wildman–Crippen LogP) is 1.83. The number of hydrogen-bond donors (Lipinski definition) is 2. The van der Waals surface area contributed by atoms with Gasteiger partial charge in [-0.1, -0.05) is 6.07 Å². The molecule has 1 unspecified atom stereocenters. The zero-order valence-corrected chi connectivity index (χ0v) is 10.4. The van der Waals surface area contributed by atoms with Crippen LogP contribution in [0.3, 0.4) is 0 Å². The van der Waals surface area contributed by atoms with E-state index in [1.54, 1.807) is 6.07 Å². The van der Waals surface area contributed by atoms with Gasteiger partial charge in [-0.3, -0.25) is 4.79 Å². The van der Waals surface area contributed by atoms with E-state index in [4.69, 9.17) is 9.84 Å². The molecule has 8 heteroatoms. The zero-order valence-electron chi connectivity index (χ0n) is 10.4. The number of ether oxygens (including phenoxy) is 1. The van der Waals surface area contributed by atoms with Crippen molar-refractivity contribution in [2.75, 3.05) is 7.11 Å². The fourth-order valence-electron chi connectivity index (χ4n) is 1.44. The van der Waals surface area contributed by atoms with Crippen LogP contribution in [0.1, 0.15) is 16.8 Å². The summed E-state index contributed by atoms with van der Waals surface area (Å²) >= 11 is 0. The van der Waals surface area contributed by atoms with Crippen molar-refractivity contribution in [3.63, 3.8) is 0 Å². The second-order valence-corrected chi connectivity index (χ2v) is 3.92. The van der Waals surface area contributed by atoms with Crippen molar-refractivity contribution in [2.24, 2.45) is 0 Å². The van der Waals surface area contributed by atoms with Crippen LogP contribution in [0.4, 0.5) is 13.2 Å². The van der Waals surface area contributed by atoms with Crippen LogP contribution >= 0.6 is 0 Å². The second kappa shape index (κ2) is 6.27. The maximum absolute atomic E-state index is 12.2. The normalized spacial score (nSPS) is 12.6. The van der Waals surface area contributed by atoms with Crippen molar-refractivity contribution >= 4 is 11.9 Å². The molecule has 2 N–H and O–H groups in total. The van der Waals surface area contributed by atoms with Crippen LogP contribution in [-0.2, 0) is 4.79 Å². The summed E-state index contributed by atoms with van der Waals surface area (Å²) in [6.45, 7) is 0. The van der Waals surface area contributed by atoms with Crippen LogP contribution in [0.15, 0.2) is 24.3 Å². The predicted molar refractivity (Wildman–Crippen MR) is 62.6 cm³/mol. The van der Waals surface area contributed by atoms with Crippen molar-refractivity contribution in [3.8, 4) is 5.75 Å². The lowest BCUT2D eigenvalue weighted by molar-refractivity contribution is -0.157. The lowest BCUT2D eigenvalue weighted by Gasteiger charge is -2.16. The molecule has 1 amide bonds. The Kier molecular flexibility index (Phi) is 4.95. The molecule has 0 aliphatic rings. The third kappa shape index (κ3) is 4.79. The van der Waals surface area contributed by atoms with Crippen LogP contribution in [-0.4, -0.2) is 36.3 Å². The number of rotatable bonds is 5. The number of carboxylic acid groups (broad SMARTS) is 1. The first-order valence-corrected chi connectivity index (χ1v) is 5.47. The van der Waals surface area contributed by atoms with Crippen LogP contribution in [0, 0.1) is 0 Å². The fourth-order valence-corrected chi connectivity index (χ4v) is 1.44. The van der Waals surface area contributed by atoms with Gasteiger partial charge in [0.05, 0.1) is 13.5 Å². The van der Waals surface area contributed by atoms with Gasteiger partial charge >= 0.3 is 12.1 Å². The first-order valence-electron chi connectivity index (χ1n) is 5.47. The van der Waals surface area contributed by atoms with E-state index in [9.17, 15) is 22.8 Å². The molecular formula is C12H12F3NO4. The minimum absolute atomic E-state index is 0.0118. The summed E-state index contributed by atoms with van der Waals surface area (Å²) in [6.07, 6.45) is -6.33. The highest BCUT2D eigenvalue weighted by atomic mass is 19.4. The van der Waals surface area contributed by atoms with Gasteiger partial charge in [0.25, 0.3) is 5.91 Å². The second-order valence-electron chi connectivity index (χ2n) is 3.92. The molecule has 5 nitrogen and oxygen atoms in total. The molecule has 1 aromatic rings. The standard InChI is InChI=1S/C12H12F3NO4/c1-20-8-4-2-3-7(5-8)10(17)16-9(11(18)19)6-12(13,14)15/h2-5,9H,6H2,1H3,(H,16,17)(H,18,19). The van der Waals surface area contributed by atoms with E-state index in [-0.39, 0.29) is 5.56 Å². The number of alkyl halides is 3. The van der Waals surface area contributed by atoms with Crippen LogP contribution < -0.4 is 10.1 Å². The number of carbonyl (C=O) groups excluding carboxylic acids is 1. The molecule has 0 aliphatic heterocycles. The smallest absolute Gasteiger partial charge is 0.391 e. The summed E-state index contributed by atoms with van der Waals surface area (Å²) in [4.78, 5) is 22.4. The SMILES string of the molecule is COc1cccc(C(=O)NC(CC(F)(F)F)C(=O)O)c1. The van der Waals surface area contributed by atoms with Gasteiger partial charge in [0.2, 0.25) is 0 Å². The summed E-state index contributed by atoms with van der Waals surface area (Å²) in [6, 6.07) is 3.61. The van der Waals surface area contributed by atoms with E-state index in [0.717, 1.165) is 0 Å². The lowest BCUT2D eigenvalue weighted by Crippen LogP contribution is -2.43. The highest BCUT2D eigenvalue weighted by Gasteiger charge is 2.36. The average molecular weight is 291 g/mol. The van der Waals surface area contributed by atoms with Gasteiger partial charge in [0.15, 0.2) is 0 Å². The first-order chi connectivity index (χ1) is 9.23. The molecule has 0 aromatic heterocycles. The minimum Gasteiger partial charge on any atom is -0.497 e. The monoisotopic (exact) mass is 291 g/mol. The molecule has 1 aromatic carbocycles. The highest BCUT2D eigenvalue weighted by molar-refractivity contribution is 5.96. The number of halogens is 3. The molecule has 20 heavy (non-hydrogen) atoms. The van der Waals surface area contributed by atoms with E-state index in [2.05, 4.69) is 0 Å². The third-order valence-corrected chi connectivity index (χ3v) is 2.37. The van der Waals surface area contributed by atoms with Gasteiger partial charge in [-0.25, -0.2) is 4.79 Å². The van der Waals surface area contributed by atoms with Gasteiger partial charge in [-0.15, -0.1) is 0 Å². The summed E-state index contributed by atoms with van der Waals surface area (Å²) < 4.78 is 41.5. The quantitative estimate of drug-likeness (QED) is 0.868. The molecule has 0 fully saturated rings. The maximum atomic E-state index is 12.2. The fraction of sp³-hybridized carbons (Fsp3) is 0.333. The molecule has 0 spiro atoms. The number of carbonyl (C=O) groups is 2. The average Bonchev–Trinajstić information content (AvgIpc) is 2.36. The number of hydrogen-bond acceptors (Lipinski definition) is 3. The van der Waals surface area contributed by atoms with E-state index < -0.39 is 30.5 Å². The largest absolute Gasteiger partial charge is 0.497 e. The zero-order chi connectivity index (χ0) is 15.3. The topological polar surface area (TPSA) is 75.6 Å². The Morgan fingerprint density at radius 2 is 2.05 bits per heavy atom. The molecule has 1 rings (SSSR count). The number of nitrogens with one attached hydrogen (secondary N) is 1. The van der Waals surface area contributed by atoms with Gasteiger partial charge < -0.3 is 15.2 Å². The minimum atomic E-state index is -4.69. The van der Waals surface area contributed by atoms with Crippen molar-refractivity contribution in [3.05, 3.63) is 29.8 Å². The van der Waals surface area contributed by atoms with Crippen LogP contribution in [0.25, 0.3) is 0 Å². The Morgan fingerprint density at radius 3 is 2.55 bits per heavy atom. The van der Waals surface area contributed by atoms with Gasteiger partial charge in [-0.05, 0) is 18.2 Å². The molecule has 0 saturated heterocycles. The summed E-state index contributed by atoms with van der Waals surface area (Å²) in [7, 11) is 1.36. The lowest BCUT2D eigenvalue weighted by atomic mass is 10.1. The maximum Gasteiger partial charge on any atom is 0.391 e. The van der Waals surface area contributed by atoms with E-state index in [1.165, 1.54) is 25.3 Å². The van der Waals surface area contributed by atoms with Gasteiger partial charge in [0.1, 0.15) is 11.8 Å². The van der Waals surface area contributed by atoms with Crippen molar-refractivity contribution in [2.45, 2.75) is 18.6 Å². The molecule has 0 radical (unpaired) electrons. The Hall–Kier alpha value is -2.25. The molecule has 0 heterocycles. The van der Waals surface area contributed by atoms with Crippen molar-refractivity contribution in [1.29, 1.82) is 0 Å².